The normalized spacial score (nSPS) is 21.2. The van der Waals surface area contributed by atoms with Crippen LogP contribution in [0.5, 0.6) is 0 Å². The van der Waals surface area contributed by atoms with Crippen LogP contribution in [0.1, 0.15) is 48.8 Å². The van der Waals surface area contributed by atoms with Crippen molar-refractivity contribution >= 4 is 40.9 Å². The Morgan fingerprint density at radius 1 is 0.879 bits per heavy atom. The number of aliphatic carboxylic acids is 2. The Morgan fingerprint density at radius 3 is 2.07 bits per heavy atom. The number of nitrogens with zero attached hydrogens (tertiary/aromatic N) is 5. The molecule has 322 valence electrons. The van der Waals surface area contributed by atoms with E-state index in [0.29, 0.717) is 24.6 Å². The summed E-state index contributed by atoms with van der Waals surface area (Å²) in [5.74, 6) is -3.36. The molecule has 58 heavy (non-hydrogen) atoms. The largest absolute Gasteiger partial charge is 0.479 e. The van der Waals surface area contributed by atoms with E-state index in [1.165, 1.54) is 11.6 Å². The van der Waals surface area contributed by atoms with Gasteiger partial charge in [0, 0.05) is 70.1 Å². The summed E-state index contributed by atoms with van der Waals surface area (Å²) in [4.78, 5) is 44.7. The fourth-order valence-corrected chi connectivity index (χ4v) is 8.71. The van der Waals surface area contributed by atoms with Crippen molar-refractivity contribution in [2.75, 3.05) is 90.1 Å². The van der Waals surface area contributed by atoms with E-state index in [4.69, 9.17) is 37.8 Å². The summed E-state index contributed by atoms with van der Waals surface area (Å²) in [6.45, 7) is 10.7. The van der Waals surface area contributed by atoms with E-state index in [-0.39, 0.29) is 23.0 Å². The number of likely N-dealkylation sites (N-methyl/N-ethyl adjacent to an activating group) is 1. The van der Waals surface area contributed by atoms with Crippen LogP contribution >= 0.6 is 11.6 Å². The number of carboxylic acids is 2. The van der Waals surface area contributed by atoms with E-state index in [1.807, 2.05) is 23.1 Å². The molecule has 6 rings (SSSR count). The lowest BCUT2D eigenvalue weighted by molar-refractivity contribution is -0.165. The molecule has 4 heterocycles. The first kappa shape index (κ1) is 45.4. The first-order valence-corrected chi connectivity index (χ1v) is 20.4. The Morgan fingerprint density at radius 2 is 1.47 bits per heavy atom. The van der Waals surface area contributed by atoms with Crippen molar-refractivity contribution in [2.24, 2.45) is 5.92 Å². The molecule has 4 aliphatic heterocycles. The smallest absolute Gasteiger partial charge is 0.418 e. The molecule has 0 aliphatic carbocycles. The topological polar surface area (TPSA) is 186 Å². The van der Waals surface area contributed by atoms with E-state index >= 15 is 0 Å². The zero-order valence-electron chi connectivity index (χ0n) is 32.9. The number of nitrogens with one attached hydrogen (secondary N) is 1. The molecule has 3 saturated heterocycles. The molecule has 0 aromatic heterocycles. The standard InChI is InChI=1S/C36H51ClF3N7O.C4H6O6/c1-43-18-20-46(21-19-43)29-8-15-45(16-9-29)25-26(22-27-23-31(36(38,39)40)34(41)32(37)24-27)6-12-44-13-10-30(11-14-44)47-17-7-28-4-2-3-5-33(28)42-35(47)48;5-1(3(7)8)2(6)4(9)10/h2-5,23-24,26,29-30H,6-22,25,41H2,1H3,(H,42,48);1-2,5-6H,(H,7,8)(H,9,10)/t26-;1-,2-/m10/s1. The number of piperazine rings is 1. The number of urea groups is 1. The third-order valence-electron chi connectivity index (χ3n) is 11.9. The lowest BCUT2D eigenvalue weighted by Crippen LogP contribution is -2.52. The van der Waals surface area contributed by atoms with Gasteiger partial charge in [0.15, 0.2) is 12.2 Å². The maximum absolute atomic E-state index is 13.8. The number of anilines is 2. The number of rotatable bonds is 12. The molecular weight excluding hydrogens is 783 g/mol. The molecular formula is C40H57ClF3N7O7. The number of amides is 2. The molecule has 0 spiro atoms. The Balaban J connectivity index is 0.000000567. The van der Waals surface area contributed by atoms with Gasteiger partial charge in [-0.25, -0.2) is 14.4 Å². The van der Waals surface area contributed by atoms with Crippen molar-refractivity contribution in [1.82, 2.24) is 24.5 Å². The average Bonchev–Trinajstić information content (AvgIpc) is 3.36. The number of likely N-dealkylation sites (tertiary alicyclic amines) is 2. The molecule has 2 amide bonds. The monoisotopic (exact) mass is 839 g/mol. The SMILES string of the molecule is CN1CCN(C2CCN(C[C@H](CCN3CCC(N4CCc5ccccc5NC4=O)CC3)Cc3cc(Cl)c(N)c(C(F)(F)F)c3)CC2)CC1.O=C(O)[C@@H](O)[C@H](O)C(=O)O. The van der Waals surface area contributed by atoms with Crippen molar-refractivity contribution < 1.29 is 48.0 Å². The van der Waals surface area contributed by atoms with Gasteiger partial charge in [0.2, 0.25) is 0 Å². The van der Waals surface area contributed by atoms with Crippen molar-refractivity contribution in [3.05, 3.63) is 58.1 Å². The highest BCUT2D eigenvalue weighted by atomic mass is 35.5. The summed E-state index contributed by atoms with van der Waals surface area (Å²) < 4.78 is 41.4. The third-order valence-corrected chi connectivity index (χ3v) is 12.3. The number of hydrogen-bond donors (Lipinski definition) is 6. The van der Waals surface area contributed by atoms with Gasteiger partial charge in [-0.3, -0.25) is 4.90 Å². The number of aliphatic hydroxyl groups excluding tert-OH is 2. The minimum Gasteiger partial charge on any atom is -0.479 e. The van der Waals surface area contributed by atoms with Crippen LogP contribution < -0.4 is 11.1 Å². The minimum absolute atomic E-state index is 0.0183. The molecule has 4 aliphatic rings. The predicted octanol–water partition coefficient (Wildman–Crippen LogP) is 3.63. The van der Waals surface area contributed by atoms with Gasteiger partial charge in [0.25, 0.3) is 0 Å². The number of hydrogen-bond acceptors (Lipinski definition) is 10. The molecule has 7 N–H and O–H groups in total. The van der Waals surface area contributed by atoms with Gasteiger partial charge in [-0.1, -0.05) is 29.8 Å². The maximum Gasteiger partial charge on any atom is 0.418 e. The first-order chi connectivity index (χ1) is 27.5. The molecule has 0 saturated carbocycles. The number of halogens is 4. The summed E-state index contributed by atoms with van der Waals surface area (Å²) in [5.41, 5.74) is 7.17. The van der Waals surface area contributed by atoms with Crippen LogP contribution in [-0.2, 0) is 28.6 Å². The molecule has 14 nitrogen and oxygen atoms in total. The highest BCUT2D eigenvalue weighted by molar-refractivity contribution is 6.33. The number of benzene rings is 2. The minimum atomic E-state index is -4.55. The van der Waals surface area contributed by atoms with E-state index in [1.54, 1.807) is 6.07 Å². The fraction of sp³-hybridized carbons (Fsp3) is 0.625. The van der Waals surface area contributed by atoms with Gasteiger partial charge >= 0.3 is 24.1 Å². The molecule has 2 aromatic carbocycles. The van der Waals surface area contributed by atoms with Gasteiger partial charge in [-0.05, 0) is 107 Å². The van der Waals surface area contributed by atoms with E-state index in [9.17, 15) is 27.6 Å². The number of piperidine rings is 2. The molecule has 0 bridgehead atoms. The summed E-state index contributed by atoms with van der Waals surface area (Å²) in [7, 11) is 2.18. The van der Waals surface area contributed by atoms with Gasteiger partial charge < -0.3 is 51.1 Å². The summed E-state index contributed by atoms with van der Waals surface area (Å²) >= 11 is 6.24. The van der Waals surface area contributed by atoms with E-state index < -0.39 is 41.6 Å². The predicted molar refractivity (Wildman–Crippen MR) is 214 cm³/mol. The zero-order chi connectivity index (χ0) is 42.1. The first-order valence-electron chi connectivity index (χ1n) is 20.0. The quantitative estimate of drug-likeness (QED) is 0.171. The lowest BCUT2D eigenvalue weighted by Gasteiger charge is -2.43. The fourth-order valence-electron chi connectivity index (χ4n) is 8.46. The Hall–Kier alpha value is -3.71. The van der Waals surface area contributed by atoms with Crippen LogP contribution in [0.2, 0.25) is 5.02 Å². The third kappa shape index (κ3) is 12.4. The zero-order valence-corrected chi connectivity index (χ0v) is 33.7. The number of carbonyl (C=O) groups excluding carboxylic acids is 1. The van der Waals surface area contributed by atoms with Crippen LogP contribution in [-0.4, -0.2) is 166 Å². The number of fused-ring (bicyclic) bond motifs is 1. The van der Waals surface area contributed by atoms with E-state index in [0.717, 1.165) is 110 Å². The molecule has 18 heteroatoms. The summed E-state index contributed by atoms with van der Waals surface area (Å²) in [6, 6.07) is 11.6. The Bertz CT molecular complexity index is 1680. The number of para-hydroxylation sites is 1. The highest BCUT2D eigenvalue weighted by Crippen LogP contribution is 2.38. The number of nitrogens with two attached hydrogens (primary N) is 1. The molecule has 0 unspecified atom stereocenters. The molecule has 0 radical (unpaired) electrons. The highest BCUT2D eigenvalue weighted by Gasteiger charge is 2.35. The second kappa shape index (κ2) is 20.5. The van der Waals surface area contributed by atoms with Crippen LogP contribution in [0.3, 0.4) is 0 Å². The number of carbonyl (C=O) groups is 3. The maximum atomic E-state index is 13.8. The number of carboxylic acid groups (broad SMARTS) is 2. The average molecular weight is 840 g/mol. The van der Waals surface area contributed by atoms with Crippen LogP contribution in [0.15, 0.2) is 36.4 Å². The van der Waals surface area contributed by atoms with Gasteiger partial charge in [-0.2, -0.15) is 13.2 Å². The second-order valence-corrected chi connectivity index (χ2v) is 16.3. The Kier molecular flexibility index (Phi) is 16.0. The van der Waals surface area contributed by atoms with Crippen LogP contribution in [0.4, 0.5) is 29.3 Å². The number of alkyl halides is 3. The summed E-state index contributed by atoms with van der Waals surface area (Å²) in [6.07, 6.45) is -2.76. The van der Waals surface area contributed by atoms with Crippen LogP contribution in [0.25, 0.3) is 0 Å². The Labute approximate surface area is 342 Å². The van der Waals surface area contributed by atoms with Gasteiger partial charge in [-0.15, -0.1) is 0 Å². The second-order valence-electron chi connectivity index (χ2n) is 15.9. The molecule has 3 fully saturated rings. The summed E-state index contributed by atoms with van der Waals surface area (Å²) in [5, 5.41) is 35.6. The van der Waals surface area contributed by atoms with Crippen molar-refractivity contribution in [3.8, 4) is 0 Å². The number of aliphatic hydroxyl groups is 2. The van der Waals surface area contributed by atoms with Crippen molar-refractivity contribution in [2.45, 2.75) is 75.4 Å². The molecule has 2 aromatic rings. The van der Waals surface area contributed by atoms with Crippen molar-refractivity contribution in [3.63, 3.8) is 0 Å². The number of nitrogen functional groups attached to an aromatic ring is 1. The lowest BCUT2D eigenvalue weighted by atomic mass is 9.92. The van der Waals surface area contributed by atoms with Crippen molar-refractivity contribution in [1.29, 1.82) is 0 Å². The molecule has 3 atom stereocenters. The van der Waals surface area contributed by atoms with Gasteiger partial charge in [0.05, 0.1) is 16.3 Å². The van der Waals surface area contributed by atoms with E-state index in [2.05, 4.69) is 38.0 Å². The van der Waals surface area contributed by atoms with Gasteiger partial charge in [0.1, 0.15) is 0 Å². The van der Waals surface area contributed by atoms with Crippen LogP contribution in [0, 0.1) is 5.92 Å².